The van der Waals surface area contributed by atoms with Crippen LogP contribution in [0.5, 0.6) is 0 Å². The van der Waals surface area contributed by atoms with E-state index in [0.717, 1.165) is 51.4 Å². The molecule has 0 aromatic rings. The molecule has 3 nitrogen and oxygen atoms in total. The first kappa shape index (κ1) is 22.3. The fourth-order valence-electron chi connectivity index (χ4n) is 8.21. The maximum Gasteiger partial charge on any atom is 0.178 e. The van der Waals surface area contributed by atoms with Gasteiger partial charge in [-0.25, -0.2) is 0 Å². The van der Waals surface area contributed by atoms with Gasteiger partial charge >= 0.3 is 0 Å². The van der Waals surface area contributed by atoms with E-state index in [0.29, 0.717) is 23.7 Å². The van der Waals surface area contributed by atoms with E-state index in [1.54, 1.807) is 6.08 Å². The number of carbonyl (C=O) groups is 1. The Morgan fingerprint density at radius 3 is 2.63 bits per heavy atom. The van der Waals surface area contributed by atoms with Crippen molar-refractivity contribution >= 4 is 5.78 Å². The molecule has 4 aliphatic carbocycles. The average molecular weight is 415 g/mol. The van der Waals surface area contributed by atoms with Gasteiger partial charge in [-0.3, -0.25) is 4.79 Å². The van der Waals surface area contributed by atoms with Crippen LogP contribution in [0.15, 0.2) is 23.8 Å². The Balaban J connectivity index is 1.59. The van der Waals surface area contributed by atoms with Crippen LogP contribution < -0.4 is 0 Å². The normalized spacial score (nSPS) is 44.9. The van der Waals surface area contributed by atoms with Gasteiger partial charge in [0.05, 0.1) is 11.7 Å². The van der Waals surface area contributed by atoms with Gasteiger partial charge in [-0.15, -0.1) is 0 Å². The molecule has 0 aliphatic heterocycles. The summed E-state index contributed by atoms with van der Waals surface area (Å²) in [5, 5.41) is 23.1. The summed E-state index contributed by atoms with van der Waals surface area (Å²) < 4.78 is 0. The average Bonchev–Trinajstić information content (AvgIpc) is 3.02. The zero-order chi connectivity index (χ0) is 21.9. The van der Waals surface area contributed by atoms with Gasteiger partial charge in [-0.05, 0) is 87.2 Å². The SMILES string of the molecule is CC(C)CCC[C@](C)(O)[C@H]1CC[C@H]2[C@@H]3CCC4=CC(=O)C=C[C@]4(C)[C@H]3C[C@@H](O)[C@@]21C. The second-order valence-electron chi connectivity index (χ2n) is 12.0. The minimum absolute atomic E-state index is 0.100. The van der Waals surface area contributed by atoms with Crippen LogP contribution in [0, 0.1) is 40.4 Å². The molecule has 0 aromatic heterocycles. The van der Waals surface area contributed by atoms with Crippen LogP contribution in [0.3, 0.4) is 0 Å². The lowest BCUT2D eigenvalue weighted by Gasteiger charge is -2.59. The molecule has 4 aliphatic rings. The third kappa shape index (κ3) is 3.35. The van der Waals surface area contributed by atoms with Crippen LogP contribution >= 0.6 is 0 Å². The van der Waals surface area contributed by atoms with Crippen LogP contribution in [0.2, 0.25) is 0 Å². The van der Waals surface area contributed by atoms with Crippen molar-refractivity contribution in [2.45, 2.75) is 97.7 Å². The molecule has 30 heavy (non-hydrogen) atoms. The number of hydrogen-bond acceptors (Lipinski definition) is 3. The van der Waals surface area contributed by atoms with E-state index in [4.69, 9.17) is 0 Å². The molecule has 2 N–H and O–H groups in total. The minimum atomic E-state index is -0.715. The fraction of sp³-hybridized carbons (Fsp3) is 0.815. The van der Waals surface area contributed by atoms with Gasteiger partial charge in [0.15, 0.2) is 5.78 Å². The van der Waals surface area contributed by atoms with Gasteiger partial charge in [0.1, 0.15) is 0 Å². The summed E-state index contributed by atoms with van der Waals surface area (Å²) in [5.74, 6) is 2.34. The van der Waals surface area contributed by atoms with Gasteiger partial charge in [-0.2, -0.15) is 0 Å². The highest BCUT2D eigenvalue weighted by molar-refractivity contribution is 6.01. The van der Waals surface area contributed by atoms with Crippen LogP contribution in [0.1, 0.15) is 86.0 Å². The second-order valence-corrected chi connectivity index (χ2v) is 12.0. The molecule has 168 valence electrons. The maximum atomic E-state index is 12.0. The van der Waals surface area contributed by atoms with Crippen molar-refractivity contribution < 1.29 is 15.0 Å². The quantitative estimate of drug-likeness (QED) is 0.628. The van der Waals surface area contributed by atoms with Crippen molar-refractivity contribution in [1.29, 1.82) is 0 Å². The molecule has 3 fully saturated rings. The Morgan fingerprint density at radius 1 is 1.20 bits per heavy atom. The standard InChI is InChI=1S/C27H42O3/c1-17(2)7-6-13-26(4,30)23-11-10-21-20-9-8-18-15-19(28)12-14-25(18,3)22(20)16-24(29)27(21,23)5/h12,14-15,17,20-24,29-30H,6-11,13,16H2,1-5H3/t20-,21-,22-,23+,24+,25-,26-,27-/m0/s1. The van der Waals surface area contributed by atoms with E-state index >= 15 is 0 Å². The van der Waals surface area contributed by atoms with E-state index < -0.39 is 11.7 Å². The van der Waals surface area contributed by atoms with Gasteiger partial charge in [0.2, 0.25) is 0 Å². The lowest BCUT2D eigenvalue weighted by Crippen LogP contribution is -2.58. The van der Waals surface area contributed by atoms with Gasteiger partial charge in [0.25, 0.3) is 0 Å². The molecule has 0 heterocycles. The molecular weight excluding hydrogens is 372 g/mol. The van der Waals surface area contributed by atoms with Crippen molar-refractivity contribution in [3.63, 3.8) is 0 Å². The molecule has 0 saturated heterocycles. The number of ketones is 1. The van der Waals surface area contributed by atoms with Crippen LogP contribution in [0.4, 0.5) is 0 Å². The summed E-state index contributed by atoms with van der Waals surface area (Å²) >= 11 is 0. The monoisotopic (exact) mass is 414 g/mol. The number of aliphatic hydroxyl groups excluding tert-OH is 1. The Morgan fingerprint density at radius 2 is 1.93 bits per heavy atom. The van der Waals surface area contributed by atoms with Gasteiger partial charge < -0.3 is 10.2 Å². The van der Waals surface area contributed by atoms with Crippen molar-refractivity contribution in [3.05, 3.63) is 23.8 Å². The number of rotatable bonds is 5. The third-order valence-corrected chi connectivity index (χ3v) is 9.88. The first-order valence-corrected chi connectivity index (χ1v) is 12.3. The molecule has 0 spiro atoms. The summed E-state index contributed by atoms with van der Waals surface area (Å²) in [6.45, 7) is 11.1. The highest BCUT2D eigenvalue weighted by Gasteiger charge is 2.64. The first-order chi connectivity index (χ1) is 14.0. The van der Waals surface area contributed by atoms with Crippen molar-refractivity contribution in [1.82, 2.24) is 0 Å². The van der Waals surface area contributed by atoms with E-state index in [-0.39, 0.29) is 22.5 Å². The number of hydrogen-bond donors (Lipinski definition) is 2. The summed E-state index contributed by atoms with van der Waals surface area (Å²) in [6.07, 6.45) is 13.4. The molecule has 0 amide bonds. The fourth-order valence-corrected chi connectivity index (χ4v) is 8.21. The van der Waals surface area contributed by atoms with E-state index in [9.17, 15) is 15.0 Å². The van der Waals surface area contributed by atoms with E-state index in [2.05, 4.69) is 33.8 Å². The third-order valence-electron chi connectivity index (χ3n) is 9.88. The van der Waals surface area contributed by atoms with Gasteiger partial charge in [-0.1, -0.05) is 52.2 Å². The summed E-state index contributed by atoms with van der Waals surface area (Å²) in [4.78, 5) is 12.0. The summed E-state index contributed by atoms with van der Waals surface area (Å²) in [7, 11) is 0. The summed E-state index contributed by atoms with van der Waals surface area (Å²) in [6, 6.07) is 0. The van der Waals surface area contributed by atoms with Crippen LogP contribution in [0.25, 0.3) is 0 Å². The molecule has 0 radical (unpaired) electrons. The molecule has 0 aromatic carbocycles. The van der Waals surface area contributed by atoms with E-state index in [1.165, 1.54) is 5.57 Å². The van der Waals surface area contributed by atoms with Crippen molar-refractivity contribution in [2.24, 2.45) is 40.4 Å². The Bertz CT molecular complexity index is 747. The smallest absolute Gasteiger partial charge is 0.178 e. The Labute approximate surface area is 183 Å². The molecule has 0 unspecified atom stereocenters. The van der Waals surface area contributed by atoms with Crippen molar-refractivity contribution in [2.75, 3.05) is 0 Å². The highest BCUT2D eigenvalue weighted by Crippen LogP contribution is 2.67. The molecule has 4 rings (SSSR count). The zero-order valence-electron chi connectivity index (χ0n) is 19.7. The largest absolute Gasteiger partial charge is 0.393 e. The lowest BCUT2D eigenvalue weighted by atomic mass is 9.46. The van der Waals surface area contributed by atoms with Crippen LogP contribution in [-0.2, 0) is 4.79 Å². The Kier molecular flexibility index (Phi) is 5.63. The lowest BCUT2D eigenvalue weighted by molar-refractivity contribution is -0.162. The van der Waals surface area contributed by atoms with Crippen LogP contribution in [-0.4, -0.2) is 27.7 Å². The summed E-state index contributed by atoms with van der Waals surface area (Å²) in [5.41, 5.74) is 0.237. The number of carbonyl (C=O) groups excluding carboxylic acids is 1. The number of fused-ring (bicyclic) bond motifs is 5. The maximum absolute atomic E-state index is 12.0. The predicted octanol–water partition coefficient (Wildman–Crippen LogP) is 5.46. The molecule has 3 heteroatoms. The second kappa shape index (κ2) is 7.59. The number of aliphatic hydroxyl groups is 2. The zero-order valence-corrected chi connectivity index (χ0v) is 19.7. The van der Waals surface area contributed by atoms with E-state index in [1.807, 2.05) is 13.0 Å². The van der Waals surface area contributed by atoms with Crippen molar-refractivity contribution in [3.8, 4) is 0 Å². The molecule has 8 atom stereocenters. The van der Waals surface area contributed by atoms with Gasteiger partial charge in [0, 0.05) is 10.8 Å². The Hall–Kier alpha value is -0.930. The molecular formula is C27H42O3. The highest BCUT2D eigenvalue weighted by atomic mass is 16.3. The number of allylic oxidation sites excluding steroid dienone is 4. The molecule has 0 bridgehead atoms. The predicted molar refractivity (Wildman–Crippen MR) is 121 cm³/mol. The molecule has 3 saturated carbocycles. The first-order valence-electron chi connectivity index (χ1n) is 12.3. The minimum Gasteiger partial charge on any atom is -0.393 e. The topological polar surface area (TPSA) is 57.5 Å².